The van der Waals surface area contributed by atoms with Crippen LogP contribution in [0.15, 0.2) is 15.1 Å². The Balaban J connectivity index is 2.03. The topological polar surface area (TPSA) is 78.1 Å². The summed E-state index contributed by atoms with van der Waals surface area (Å²) in [6, 6.07) is 0. The van der Waals surface area contributed by atoms with Crippen molar-refractivity contribution < 1.29 is 8.94 Å². The van der Waals surface area contributed by atoms with Gasteiger partial charge in [0.25, 0.3) is 0 Å². The number of aromatic nitrogens is 2. The maximum absolute atomic E-state index is 5.89. The van der Waals surface area contributed by atoms with Crippen LogP contribution in [0.2, 0.25) is 0 Å². The Labute approximate surface area is 101 Å². The highest BCUT2D eigenvalue weighted by Gasteiger charge is 2.17. The molecule has 17 heavy (non-hydrogen) atoms. The summed E-state index contributed by atoms with van der Waals surface area (Å²) in [4.78, 5) is 5.20. The van der Waals surface area contributed by atoms with E-state index in [2.05, 4.69) is 10.1 Å². The summed E-state index contributed by atoms with van der Waals surface area (Å²) in [6.07, 6.45) is 2.22. The number of oxazole rings is 1. The quantitative estimate of drug-likeness (QED) is 0.755. The highest BCUT2D eigenvalue weighted by molar-refractivity contribution is 7.19. The summed E-state index contributed by atoms with van der Waals surface area (Å²) in [5.74, 6) is 1.43. The molecule has 88 valence electrons. The Bertz CT molecular complexity index is 680. The van der Waals surface area contributed by atoms with Crippen LogP contribution in [0, 0.1) is 13.8 Å². The first kappa shape index (κ1) is 10.3. The summed E-state index contributed by atoms with van der Waals surface area (Å²) < 4.78 is 11.7. The molecule has 0 aliphatic carbocycles. The summed E-state index contributed by atoms with van der Waals surface area (Å²) in [7, 11) is 0. The van der Waals surface area contributed by atoms with E-state index in [-0.39, 0.29) is 0 Å². The minimum absolute atomic E-state index is 0.528. The van der Waals surface area contributed by atoms with Gasteiger partial charge >= 0.3 is 0 Å². The molecule has 0 saturated carbocycles. The van der Waals surface area contributed by atoms with E-state index in [9.17, 15) is 0 Å². The Morgan fingerprint density at radius 3 is 2.94 bits per heavy atom. The van der Waals surface area contributed by atoms with Crippen molar-refractivity contribution in [1.29, 1.82) is 0 Å². The fourth-order valence-electron chi connectivity index (χ4n) is 1.70. The molecule has 3 heterocycles. The normalized spacial score (nSPS) is 11.4. The highest BCUT2D eigenvalue weighted by atomic mass is 32.1. The van der Waals surface area contributed by atoms with Gasteiger partial charge in [0.1, 0.15) is 16.2 Å². The number of aryl methyl sites for hydroxylation is 2. The van der Waals surface area contributed by atoms with Gasteiger partial charge in [-0.3, -0.25) is 0 Å². The molecule has 6 heteroatoms. The molecule has 0 amide bonds. The Hall–Kier alpha value is -1.82. The third-order valence-electron chi connectivity index (χ3n) is 2.58. The van der Waals surface area contributed by atoms with Crippen molar-refractivity contribution in [2.45, 2.75) is 20.3 Å². The lowest BCUT2D eigenvalue weighted by Crippen LogP contribution is -1.87. The van der Waals surface area contributed by atoms with Crippen LogP contribution < -0.4 is 5.73 Å². The lowest BCUT2D eigenvalue weighted by Gasteiger charge is -1.89. The summed E-state index contributed by atoms with van der Waals surface area (Å²) in [6.45, 7) is 3.83. The van der Waals surface area contributed by atoms with Gasteiger partial charge in [-0.05, 0) is 13.8 Å². The second-order valence-corrected chi connectivity index (χ2v) is 5.13. The van der Waals surface area contributed by atoms with Crippen molar-refractivity contribution in [3.63, 3.8) is 0 Å². The molecule has 2 N–H and O–H groups in total. The van der Waals surface area contributed by atoms with E-state index in [1.165, 1.54) is 0 Å². The molecule has 5 nitrogen and oxygen atoms in total. The van der Waals surface area contributed by atoms with Crippen molar-refractivity contribution in [1.82, 2.24) is 10.1 Å². The molecule has 0 aromatic carbocycles. The van der Waals surface area contributed by atoms with Crippen LogP contribution in [0.5, 0.6) is 0 Å². The Kier molecular flexibility index (Phi) is 2.19. The molecule has 0 radical (unpaired) electrons. The van der Waals surface area contributed by atoms with E-state index >= 15 is 0 Å². The van der Waals surface area contributed by atoms with Crippen LogP contribution in [-0.4, -0.2) is 10.1 Å². The first-order valence-electron chi connectivity index (χ1n) is 5.19. The molecular weight excluding hydrogens is 238 g/mol. The van der Waals surface area contributed by atoms with Crippen LogP contribution in [0.3, 0.4) is 0 Å². The second-order valence-electron chi connectivity index (χ2n) is 3.90. The van der Waals surface area contributed by atoms with Gasteiger partial charge in [0, 0.05) is 4.88 Å². The second kappa shape index (κ2) is 3.59. The molecule has 0 bridgehead atoms. The molecule has 0 saturated heterocycles. The maximum Gasteiger partial charge on any atom is 0.201 e. The fourth-order valence-corrected chi connectivity index (χ4v) is 2.67. The van der Waals surface area contributed by atoms with Gasteiger partial charge < -0.3 is 14.7 Å². The average molecular weight is 249 g/mol. The van der Waals surface area contributed by atoms with E-state index < -0.39 is 0 Å². The van der Waals surface area contributed by atoms with Gasteiger partial charge in [-0.1, -0.05) is 5.16 Å². The van der Waals surface area contributed by atoms with Crippen molar-refractivity contribution >= 4 is 27.3 Å². The van der Waals surface area contributed by atoms with Crippen LogP contribution in [0.25, 0.3) is 10.3 Å². The number of fused-ring (bicyclic) bond motifs is 1. The smallest absolute Gasteiger partial charge is 0.201 e. The van der Waals surface area contributed by atoms with E-state index in [1.54, 1.807) is 17.5 Å². The summed E-state index contributed by atoms with van der Waals surface area (Å²) >= 11 is 1.59. The van der Waals surface area contributed by atoms with E-state index in [0.717, 1.165) is 21.0 Å². The zero-order valence-corrected chi connectivity index (χ0v) is 10.3. The van der Waals surface area contributed by atoms with Gasteiger partial charge in [0.15, 0.2) is 0 Å². The average Bonchev–Trinajstić information content (AvgIpc) is 2.92. The Morgan fingerprint density at radius 1 is 1.41 bits per heavy atom. The van der Waals surface area contributed by atoms with Gasteiger partial charge in [-0.2, -0.15) is 0 Å². The lowest BCUT2D eigenvalue weighted by atomic mass is 10.3. The predicted octanol–water partition coefficient (Wildman–Crippen LogP) is 2.67. The van der Waals surface area contributed by atoms with Crippen molar-refractivity contribution in [3.8, 4) is 0 Å². The number of nitrogens with zero attached hydrogens (tertiary/aromatic N) is 2. The molecule has 0 fully saturated rings. The molecule has 3 rings (SSSR count). The van der Waals surface area contributed by atoms with Crippen LogP contribution in [0.1, 0.15) is 22.2 Å². The van der Waals surface area contributed by atoms with Crippen LogP contribution >= 0.6 is 11.3 Å². The zero-order chi connectivity index (χ0) is 12.0. The zero-order valence-electron chi connectivity index (χ0n) is 9.48. The first-order valence-corrected chi connectivity index (χ1v) is 6.01. The molecule has 0 aliphatic heterocycles. The van der Waals surface area contributed by atoms with Gasteiger partial charge in [0.05, 0.1) is 18.3 Å². The minimum Gasteiger partial charge on any atom is -0.446 e. The molecule has 0 spiro atoms. The molecule has 3 aromatic heterocycles. The summed E-state index contributed by atoms with van der Waals surface area (Å²) in [5, 5.41) is 4.02. The van der Waals surface area contributed by atoms with Crippen molar-refractivity contribution in [2.75, 3.05) is 5.73 Å². The predicted molar refractivity (Wildman–Crippen MR) is 65.1 cm³/mol. The number of hydrogen-bond acceptors (Lipinski definition) is 6. The standard InChI is InChI=1S/C11H11N3O2S/c1-5-4-13-8(15-5)3-7-11-10(16-14-7)9(12)6(2)17-11/h4H,3,12H2,1-2H3. The number of hydrogen-bond donors (Lipinski definition) is 1. The Morgan fingerprint density at radius 2 is 2.24 bits per heavy atom. The first-order chi connectivity index (χ1) is 8.15. The third-order valence-corrected chi connectivity index (χ3v) is 3.73. The molecular formula is C11H11N3O2S. The van der Waals surface area contributed by atoms with E-state index in [4.69, 9.17) is 14.7 Å². The van der Waals surface area contributed by atoms with Crippen LogP contribution in [-0.2, 0) is 6.42 Å². The minimum atomic E-state index is 0.528. The summed E-state index contributed by atoms with van der Waals surface area (Å²) in [5.41, 5.74) is 8.06. The van der Waals surface area contributed by atoms with Crippen molar-refractivity contribution in [2.24, 2.45) is 0 Å². The number of rotatable bonds is 2. The third kappa shape index (κ3) is 1.61. The number of anilines is 1. The van der Waals surface area contributed by atoms with E-state index in [0.29, 0.717) is 23.6 Å². The number of nitrogens with two attached hydrogens (primary N) is 1. The van der Waals surface area contributed by atoms with Gasteiger partial charge in [-0.15, -0.1) is 11.3 Å². The maximum atomic E-state index is 5.89. The number of thiophene rings is 1. The largest absolute Gasteiger partial charge is 0.446 e. The molecule has 3 aromatic rings. The van der Waals surface area contributed by atoms with Gasteiger partial charge in [0.2, 0.25) is 11.5 Å². The monoisotopic (exact) mass is 249 g/mol. The molecule has 0 aliphatic rings. The SMILES string of the molecule is Cc1cnc(Cc2noc3c(N)c(C)sc23)o1. The van der Waals surface area contributed by atoms with Crippen LogP contribution in [0.4, 0.5) is 5.69 Å². The molecule has 0 atom stereocenters. The van der Waals surface area contributed by atoms with Crippen molar-refractivity contribution in [3.05, 3.63) is 28.4 Å². The van der Waals surface area contributed by atoms with E-state index in [1.807, 2.05) is 13.8 Å². The molecule has 0 unspecified atom stereocenters. The number of nitrogen functional groups attached to an aromatic ring is 1. The van der Waals surface area contributed by atoms with Gasteiger partial charge in [-0.25, -0.2) is 4.98 Å². The fraction of sp³-hybridized carbons (Fsp3) is 0.273. The highest BCUT2D eigenvalue weighted by Crippen LogP contribution is 2.35. The lowest BCUT2D eigenvalue weighted by molar-refractivity contribution is 0.437.